The highest BCUT2D eigenvalue weighted by Crippen LogP contribution is 2.28. The maximum absolute atomic E-state index is 12.6. The molecular formula is C16H20N4O3S. The minimum atomic E-state index is -0.409. The van der Waals surface area contributed by atoms with Gasteiger partial charge < -0.3 is 4.90 Å². The van der Waals surface area contributed by atoms with Crippen molar-refractivity contribution < 1.29 is 4.79 Å². The first-order valence-corrected chi connectivity index (χ1v) is 8.86. The molecule has 7 nitrogen and oxygen atoms in total. The maximum atomic E-state index is 12.6. The van der Waals surface area contributed by atoms with Crippen molar-refractivity contribution in [2.45, 2.75) is 24.7 Å². The van der Waals surface area contributed by atoms with Crippen LogP contribution in [0.4, 0.5) is 0 Å². The number of pyridine rings is 1. The Hall–Kier alpha value is -2.09. The van der Waals surface area contributed by atoms with Crippen LogP contribution in [0, 0.1) is 6.92 Å². The molecular weight excluding hydrogens is 328 g/mol. The summed E-state index contributed by atoms with van der Waals surface area (Å²) < 4.78 is 2.44. The van der Waals surface area contributed by atoms with Crippen molar-refractivity contribution in [3.63, 3.8) is 0 Å². The zero-order valence-electron chi connectivity index (χ0n) is 14.0. The second-order valence-electron chi connectivity index (χ2n) is 6.05. The van der Waals surface area contributed by atoms with Crippen LogP contribution in [0.25, 0.3) is 11.0 Å². The zero-order valence-corrected chi connectivity index (χ0v) is 14.9. The van der Waals surface area contributed by atoms with E-state index in [2.05, 4.69) is 4.98 Å². The van der Waals surface area contributed by atoms with E-state index in [1.54, 1.807) is 13.2 Å². The predicted molar refractivity (Wildman–Crippen MR) is 93.5 cm³/mol. The summed E-state index contributed by atoms with van der Waals surface area (Å²) in [6.45, 7) is 3.48. The highest BCUT2D eigenvalue weighted by atomic mass is 32.2. The molecule has 1 amide bonds. The predicted octanol–water partition coefficient (Wildman–Crippen LogP) is 0.655. The lowest BCUT2D eigenvalue weighted by Gasteiger charge is -2.16. The molecule has 0 saturated carbocycles. The van der Waals surface area contributed by atoms with E-state index in [4.69, 9.17) is 0 Å². The van der Waals surface area contributed by atoms with E-state index in [0.717, 1.165) is 41.0 Å². The average molecular weight is 348 g/mol. The van der Waals surface area contributed by atoms with Gasteiger partial charge in [0.2, 0.25) is 5.91 Å². The molecule has 128 valence electrons. The van der Waals surface area contributed by atoms with Gasteiger partial charge in [0.1, 0.15) is 5.65 Å². The molecule has 0 radical (unpaired) electrons. The Labute approximate surface area is 143 Å². The molecule has 3 rings (SSSR count). The van der Waals surface area contributed by atoms with Gasteiger partial charge in [-0.15, -0.1) is 11.8 Å². The van der Waals surface area contributed by atoms with Crippen LogP contribution in [-0.2, 0) is 18.9 Å². The normalized spacial score (nSPS) is 14.5. The van der Waals surface area contributed by atoms with Gasteiger partial charge in [0, 0.05) is 38.3 Å². The van der Waals surface area contributed by atoms with Crippen molar-refractivity contribution in [3.8, 4) is 0 Å². The van der Waals surface area contributed by atoms with Crippen molar-refractivity contribution in [2.75, 3.05) is 18.8 Å². The molecule has 0 N–H and O–H groups in total. The van der Waals surface area contributed by atoms with E-state index < -0.39 is 5.69 Å². The Morgan fingerprint density at radius 2 is 1.88 bits per heavy atom. The smallest absolute Gasteiger partial charge is 0.332 e. The molecule has 0 bridgehead atoms. The van der Waals surface area contributed by atoms with Crippen molar-refractivity contribution >= 4 is 28.7 Å². The number of rotatable bonds is 3. The quantitative estimate of drug-likeness (QED) is 0.762. The number of carbonyl (C=O) groups excluding carboxylic acids is 1. The first-order valence-electron chi connectivity index (χ1n) is 7.87. The van der Waals surface area contributed by atoms with Crippen LogP contribution in [0.3, 0.4) is 0 Å². The van der Waals surface area contributed by atoms with Crippen LogP contribution < -0.4 is 11.2 Å². The van der Waals surface area contributed by atoms with Gasteiger partial charge in [-0.05, 0) is 25.3 Å². The van der Waals surface area contributed by atoms with E-state index in [1.165, 1.54) is 23.4 Å². The first kappa shape index (κ1) is 16.8. The summed E-state index contributed by atoms with van der Waals surface area (Å²) in [5, 5.41) is 0.402. The van der Waals surface area contributed by atoms with E-state index in [-0.39, 0.29) is 17.2 Å². The van der Waals surface area contributed by atoms with Gasteiger partial charge in [0.25, 0.3) is 5.56 Å². The second kappa shape index (κ2) is 6.43. The summed E-state index contributed by atoms with van der Waals surface area (Å²) in [5.74, 6) is 0.370. The lowest BCUT2D eigenvalue weighted by atomic mass is 10.2. The number of hydrogen-bond acceptors (Lipinski definition) is 5. The Kier molecular flexibility index (Phi) is 4.49. The van der Waals surface area contributed by atoms with E-state index in [9.17, 15) is 14.4 Å². The highest BCUT2D eigenvalue weighted by Gasteiger charge is 2.20. The summed E-state index contributed by atoms with van der Waals surface area (Å²) in [6, 6.07) is 0. The molecule has 2 aromatic rings. The van der Waals surface area contributed by atoms with Crippen LogP contribution in [-0.4, -0.2) is 43.8 Å². The third-order valence-electron chi connectivity index (χ3n) is 4.40. The maximum Gasteiger partial charge on any atom is 0.332 e. The molecule has 1 aliphatic heterocycles. The molecule has 24 heavy (non-hydrogen) atoms. The SMILES string of the molecule is Cc1cnc2c(c1SCC(=O)N1CCCC1)c(=O)n(C)c(=O)n2C. The summed E-state index contributed by atoms with van der Waals surface area (Å²) in [5.41, 5.74) is 0.399. The Balaban J connectivity index is 2.04. The second-order valence-corrected chi connectivity index (χ2v) is 7.04. The molecule has 0 atom stereocenters. The summed E-state index contributed by atoms with van der Waals surface area (Å²) in [7, 11) is 3.05. The van der Waals surface area contributed by atoms with E-state index in [1.807, 2.05) is 11.8 Å². The van der Waals surface area contributed by atoms with Crippen LogP contribution >= 0.6 is 11.8 Å². The summed E-state index contributed by atoms with van der Waals surface area (Å²) in [6.07, 6.45) is 3.75. The Morgan fingerprint density at radius 3 is 2.54 bits per heavy atom. The van der Waals surface area contributed by atoms with Gasteiger partial charge in [-0.2, -0.15) is 0 Å². The fraction of sp³-hybridized carbons (Fsp3) is 0.500. The third kappa shape index (κ3) is 2.75. The number of aryl methyl sites for hydroxylation is 2. The number of nitrogens with zero attached hydrogens (tertiary/aromatic N) is 4. The lowest BCUT2D eigenvalue weighted by molar-refractivity contribution is -0.127. The molecule has 0 aromatic carbocycles. The standard InChI is InChI=1S/C16H20N4O3S/c1-10-8-17-14-12(15(22)19(3)16(23)18(14)2)13(10)24-9-11(21)20-6-4-5-7-20/h8H,4-7,9H2,1-3H3. The molecule has 0 unspecified atom stereocenters. The Bertz CT molecular complexity index is 926. The van der Waals surface area contributed by atoms with Crippen molar-refractivity contribution in [1.29, 1.82) is 0 Å². The molecule has 1 fully saturated rings. The van der Waals surface area contributed by atoms with Gasteiger partial charge in [-0.1, -0.05) is 0 Å². The Morgan fingerprint density at radius 1 is 1.21 bits per heavy atom. The minimum Gasteiger partial charge on any atom is -0.342 e. The fourth-order valence-electron chi connectivity index (χ4n) is 2.97. The molecule has 0 aliphatic carbocycles. The molecule has 8 heteroatoms. The van der Waals surface area contributed by atoms with Crippen LogP contribution in [0.2, 0.25) is 0 Å². The largest absolute Gasteiger partial charge is 0.342 e. The number of carbonyl (C=O) groups is 1. The van der Waals surface area contributed by atoms with E-state index >= 15 is 0 Å². The van der Waals surface area contributed by atoms with Crippen LogP contribution in [0.1, 0.15) is 18.4 Å². The first-order chi connectivity index (χ1) is 11.4. The van der Waals surface area contributed by atoms with Gasteiger partial charge in [-0.25, -0.2) is 9.78 Å². The molecule has 1 aliphatic rings. The van der Waals surface area contributed by atoms with Gasteiger partial charge in [0.05, 0.1) is 11.1 Å². The van der Waals surface area contributed by atoms with Crippen molar-refractivity contribution in [3.05, 3.63) is 32.6 Å². The molecule has 2 aromatic heterocycles. The number of amides is 1. The number of hydrogen-bond donors (Lipinski definition) is 0. The van der Waals surface area contributed by atoms with Gasteiger partial charge in [-0.3, -0.25) is 18.7 Å². The topological polar surface area (TPSA) is 77.2 Å². The van der Waals surface area contributed by atoms with Crippen molar-refractivity contribution in [1.82, 2.24) is 19.0 Å². The number of aromatic nitrogens is 3. The lowest BCUT2D eigenvalue weighted by Crippen LogP contribution is -2.37. The molecule has 3 heterocycles. The minimum absolute atomic E-state index is 0.0866. The number of thioether (sulfide) groups is 1. The van der Waals surface area contributed by atoms with E-state index in [0.29, 0.717) is 11.0 Å². The van der Waals surface area contributed by atoms with Crippen molar-refractivity contribution in [2.24, 2.45) is 14.1 Å². The van der Waals surface area contributed by atoms with Gasteiger partial charge in [0.15, 0.2) is 0 Å². The average Bonchev–Trinajstić information content (AvgIpc) is 3.11. The molecule has 0 spiro atoms. The van der Waals surface area contributed by atoms with Crippen LogP contribution in [0.5, 0.6) is 0 Å². The zero-order chi connectivity index (χ0) is 17.4. The number of fused-ring (bicyclic) bond motifs is 1. The third-order valence-corrected chi connectivity index (χ3v) is 5.60. The highest BCUT2D eigenvalue weighted by molar-refractivity contribution is 8.00. The number of likely N-dealkylation sites (tertiary alicyclic amines) is 1. The summed E-state index contributed by atoms with van der Waals surface area (Å²) >= 11 is 1.35. The fourth-order valence-corrected chi connectivity index (χ4v) is 4.03. The van der Waals surface area contributed by atoms with Gasteiger partial charge >= 0.3 is 5.69 Å². The molecule has 1 saturated heterocycles. The summed E-state index contributed by atoms with van der Waals surface area (Å²) in [4.78, 5) is 43.8. The monoisotopic (exact) mass is 348 g/mol. The van der Waals surface area contributed by atoms with Crippen LogP contribution in [0.15, 0.2) is 20.7 Å².